The quantitative estimate of drug-likeness (QED) is 0.658. The number of nitrogens with zero attached hydrogens (tertiary/aromatic N) is 5. The summed E-state index contributed by atoms with van der Waals surface area (Å²) in [7, 11) is 1.72. The van der Waals surface area contributed by atoms with Crippen molar-refractivity contribution in [3.8, 4) is 0 Å². The molecule has 1 aliphatic heterocycles. The summed E-state index contributed by atoms with van der Waals surface area (Å²) in [6.45, 7) is 4.92. The molecule has 0 bridgehead atoms. The number of hydrogen-bond donors (Lipinski definition) is 1. The standard InChI is InChI=1S/C10H18N6O2/c1-3-18-10(17)8-6-11-4-5-16(8)7-9-12-14-15(2)13-9/h8,11H,3-7H2,1-2H3. The van der Waals surface area contributed by atoms with E-state index in [2.05, 4.69) is 20.7 Å². The molecule has 1 atom stereocenters. The number of aryl methyl sites for hydroxylation is 1. The molecule has 18 heavy (non-hydrogen) atoms. The second-order valence-electron chi connectivity index (χ2n) is 4.14. The molecule has 2 heterocycles. The van der Waals surface area contributed by atoms with Crippen molar-refractivity contribution in [2.45, 2.75) is 19.5 Å². The largest absolute Gasteiger partial charge is 0.465 e. The number of aromatic nitrogens is 4. The van der Waals surface area contributed by atoms with Gasteiger partial charge in [0.25, 0.3) is 0 Å². The highest BCUT2D eigenvalue weighted by Gasteiger charge is 2.30. The van der Waals surface area contributed by atoms with Gasteiger partial charge in [0.15, 0.2) is 5.82 Å². The van der Waals surface area contributed by atoms with Gasteiger partial charge in [-0.25, -0.2) is 0 Å². The molecule has 8 heteroatoms. The van der Waals surface area contributed by atoms with Crippen molar-refractivity contribution in [3.05, 3.63) is 5.82 Å². The first-order valence-corrected chi connectivity index (χ1v) is 6.05. The van der Waals surface area contributed by atoms with Crippen molar-refractivity contribution in [3.63, 3.8) is 0 Å². The number of carbonyl (C=O) groups excluding carboxylic acids is 1. The summed E-state index contributed by atoms with van der Waals surface area (Å²) in [6, 6.07) is -0.275. The zero-order valence-electron chi connectivity index (χ0n) is 10.7. The monoisotopic (exact) mass is 254 g/mol. The molecule has 0 aromatic carbocycles. The first-order chi connectivity index (χ1) is 8.70. The molecule has 0 aliphatic carbocycles. The Bertz CT molecular complexity index is 407. The fourth-order valence-electron chi connectivity index (χ4n) is 1.97. The average molecular weight is 254 g/mol. The van der Waals surface area contributed by atoms with Crippen molar-refractivity contribution < 1.29 is 9.53 Å². The highest BCUT2D eigenvalue weighted by atomic mass is 16.5. The van der Waals surface area contributed by atoms with Crippen LogP contribution in [0.4, 0.5) is 0 Å². The van der Waals surface area contributed by atoms with Crippen molar-refractivity contribution in [1.29, 1.82) is 0 Å². The molecule has 0 saturated carbocycles. The lowest BCUT2D eigenvalue weighted by Crippen LogP contribution is -2.55. The van der Waals surface area contributed by atoms with Gasteiger partial charge in [0.1, 0.15) is 6.04 Å². The SMILES string of the molecule is CCOC(=O)C1CNCCN1Cc1nnn(C)n1. The van der Waals surface area contributed by atoms with Crippen LogP contribution >= 0.6 is 0 Å². The normalized spacial score (nSPS) is 20.9. The molecule has 1 aromatic rings. The van der Waals surface area contributed by atoms with E-state index < -0.39 is 0 Å². The Morgan fingerprint density at radius 1 is 1.61 bits per heavy atom. The van der Waals surface area contributed by atoms with E-state index in [9.17, 15) is 4.79 Å². The van der Waals surface area contributed by atoms with E-state index in [4.69, 9.17) is 4.74 Å². The molecule has 0 amide bonds. The molecule has 1 unspecified atom stereocenters. The molecule has 1 N–H and O–H groups in total. The Morgan fingerprint density at radius 2 is 2.44 bits per heavy atom. The minimum atomic E-state index is -0.275. The number of piperazine rings is 1. The van der Waals surface area contributed by atoms with E-state index in [1.54, 1.807) is 7.05 Å². The molecule has 1 fully saturated rings. The molecule has 8 nitrogen and oxygen atoms in total. The van der Waals surface area contributed by atoms with E-state index >= 15 is 0 Å². The summed E-state index contributed by atoms with van der Waals surface area (Å²) >= 11 is 0. The van der Waals surface area contributed by atoms with Crippen molar-refractivity contribution >= 4 is 5.97 Å². The van der Waals surface area contributed by atoms with E-state index in [0.29, 0.717) is 25.5 Å². The predicted molar refractivity (Wildman–Crippen MR) is 62.5 cm³/mol. The smallest absolute Gasteiger partial charge is 0.324 e. The number of tetrazole rings is 1. The Labute approximate surface area is 105 Å². The molecular weight excluding hydrogens is 236 g/mol. The van der Waals surface area contributed by atoms with Crippen LogP contribution in [-0.4, -0.2) is 63.4 Å². The summed E-state index contributed by atoms with van der Waals surface area (Å²) in [5.74, 6) is 0.419. The molecule has 0 spiro atoms. The van der Waals surface area contributed by atoms with Gasteiger partial charge in [-0.15, -0.1) is 10.2 Å². The van der Waals surface area contributed by atoms with Crippen LogP contribution in [0.2, 0.25) is 0 Å². The van der Waals surface area contributed by atoms with Crippen LogP contribution in [0, 0.1) is 0 Å². The molecule has 1 aliphatic rings. The van der Waals surface area contributed by atoms with E-state index in [-0.39, 0.29) is 12.0 Å². The number of carbonyl (C=O) groups is 1. The van der Waals surface area contributed by atoms with E-state index in [0.717, 1.165) is 13.1 Å². The third-order valence-corrected chi connectivity index (χ3v) is 2.81. The minimum absolute atomic E-state index is 0.200. The van der Waals surface area contributed by atoms with Crippen LogP contribution in [-0.2, 0) is 23.1 Å². The van der Waals surface area contributed by atoms with Gasteiger partial charge in [-0.05, 0) is 12.1 Å². The molecule has 0 radical (unpaired) electrons. The second-order valence-corrected chi connectivity index (χ2v) is 4.14. The molecular formula is C10H18N6O2. The third kappa shape index (κ3) is 3.02. The van der Waals surface area contributed by atoms with Crippen molar-refractivity contribution in [2.75, 3.05) is 26.2 Å². The Hall–Kier alpha value is -1.54. The number of ether oxygens (including phenoxy) is 1. The van der Waals surface area contributed by atoms with Crippen LogP contribution in [0.15, 0.2) is 0 Å². The van der Waals surface area contributed by atoms with Gasteiger partial charge in [0.05, 0.1) is 20.2 Å². The summed E-state index contributed by atoms with van der Waals surface area (Å²) in [4.78, 5) is 15.3. The molecule has 1 saturated heterocycles. The Kier molecular flexibility index (Phi) is 4.21. The fraction of sp³-hybridized carbons (Fsp3) is 0.800. The van der Waals surface area contributed by atoms with Gasteiger partial charge in [-0.3, -0.25) is 9.69 Å². The lowest BCUT2D eigenvalue weighted by molar-refractivity contribution is -0.150. The van der Waals surface area contributed by atoms with Gasteiger partial charge in [0, 0.05) is 19.6 Å². The van der Waals surface area contributed by atoms with E-state index in [1.807, 2.05) is 11.8 Å². The molecule has 2 rings (SSSR count). The maximum absolute atomic E-state index is 11.8. The van der Waals surface area contributed by atoms with Crippen molar-refractivity contribution in [2.24, 2.45) is 7.05 Å². The van der Waals surface area contributed by atoms with E-state index in [1.165, 1.54) is 4.80 Å². The van der Waals surface area contributed by atoms with Gasteiger partial charge >= 0.3 is 5.97 Å². The maximum atomic E-state index is 11.8. The maximum Gasteiger partial charge on any atom is 0.324 e. The van der Waals surface area contributed by atoms with Gasteiger partial charge in [-0.2, -0.15) is 4.80 Å². The zero-order chi connectivity index (χ0) is 13.0. The minimum Gasteiger partial charge on any atom is -0.465 e. The van der Waals surface area contributed by atoms with Crippen LogP contribution in [0.25, 0.3) is 0 Å². The first-order valence-electron chi connectivity index (χ1n) is 6.05. The van der Waals surface area contributed by atoms with Gasteiger partial charge < -0.3 is 10.1 Å². The lowest BCUT2D eigenvalue weighted by Gasteiger charge is -2.33. The van der Waals surface area contributed by atoms with Crippen LogP contribution in [0.3, 0.4) is 0 Å². The zero-order valence-corrected chi connectivity index (χ0v) is 10.7. The summed E-state index contributed by atoms with van der Waals surface area (Å²) in [5, 5.41) is 15.0. The Morgan fingerprint density at radius 3 is 3.11 bits per heavy atom. The number of rotatable bonds is 4. The molecule has 1 aromatic heterocycles. The van der Waals surface area contributed by atoms with Crippen LogP contribution in [0.5, 0.6) is 0 Å². The van der Waals surface area contributed by atoms with Gasteiger partial charge in [0.2, 0.25) is 0 Å². The topological polar surface area (TPSA) is 85.2 Å². The highest BCUT2D eigenvalue weighted by Crippen LogP contribution is 2.08. The number of hydrogen-bond acceptors (Lipinski definition) is 7. The van der Waals surface area contributed by atoms with Crippen molar-refractivity contribution in [1.82, 2.24) is 30.4 Å². The summed E-state index contributed by atoms with van der Waals surface area (Å²) in [5.41, 5.74) is 0. The lowest BCUT2D eigenvalue weighted by atomic mass is 10.2. The Balaban J connectivity index is 2.01. The number of nitrogens with one attached hydrogen (secondary N) is 1. The third-order valence-electron chi connectivity index (χ3n) is 2.81. The van der Waals surface area contributed by atoms with Gasteiger partial charge in [-0.1, -0.05) is 0 Å². The molecule has 100 valence electrons. The second kappa shape index (κ2) is 5.87. The highest BCUT2D eigenvalue weighted by molar-refractivity contribution is 5.76. The predicted octanol–water partition coefficient (Wildman–Crippen LogP) is -1.45. The van der Waals surface area contributed by atoms with Crippen LogP contribution in [0.1, 0.15) is 12.7 Å². The summed E-state index contributed by atoms with van der Waals surface area (Å²) in [6.07, 6.45) is 0. The summed E-state index contributed by atoms with van der Waals surface area (Å²) < 4.78 is 5.07. The number of esters is 1. The first kappa shape index (κ1) is 12.9. The average Bonchev–Trinajstić information content (AvgIpc) is 2.76. The van der Waals surface area contributed by atoms with Crippen LogP contribution < -0.4 is 5.32 Å². The fourth-order valence-corrected chi connectivity index (χ4v) is 1.97.